The van der Waals surface area contributed by atoms with E-state index < -0.39 is 0 Å². The molecule has 3 heterocycles. The molecule has 9 heteroatoms. The van der Waals surface area contributed by atoms with Crippen molar-refractivity contribution in [2.45, 2.75) is 6.67 Å². The number of hydrogen-bond acceptors (Lipinski definition) is 7. The highest BCUT2D eigenvalue weighted by Gasteiger charge is 2.20. The van der Waals surface area contributed by atoms with Crippen LogP contribution < -0.4 is 4.90 Å². The molecule has 9 nitrogen and oxygen atoms in total. The zero-order chi connectivity index (χ0) is 17.2. The van der Waals surface area contributed by atoms with Crippen molar-refractivity contribution in [3.05, 3.63) is 53.0 Å². The van der Waals surface area contributed by atoms with Gasteiger partial charge in [0.2, 0.25) is 5.95 Å². The van der Waals surface area contributed by atoms with Crippen molar-refractivity contribution in [2.24, 2.45) is 0 Å². The van der Waals surface area contributed by atoms with Crippen LogP contribution in [0.2, 0.25) is 0 Å². The van der Waals surface area contributed by atoms with Crippen LogP contribution in [0.15, 0.2) is 42.9 Å². The topological polar surface area (TPSA) is 93.2 Å². The standard InChI is InChI=1S/C16H17N7O2/c24-23(25)14-3-2-13-11-19-22(15(13)10-14)12-20-6-8-21(9-7-20)16-17-4-1-5-18-16/h1-5,10-11H,6-9,12H2. The molecule has 0 spiro atoms. The van der Waals surface area contributed by atoms with Crippen LogP contribution in [0.5, 0.6) is 0 Å². The monoisotopic (exact) mass is 339 g/mol. The number of piperazine rings is 1. The van der Waals surface area contributed by atoms with Crippen LogP contribution in [0.25, 0.3) is 10.9 Å². The maximum atomic E-state index is 11.0. The van der Waals surface area contributed by atoms with E-state index in [9.17, 15) is 10.1 Å². The summed E-state index contributed by atoms with van der Waals surface area (Å²) >= 11 is 0. The number of benzene rings is 1. The number of fused-ring (bicyclic) bond motifs is 1. The Bertz CT molecular complexity index is 888. The number of anilines is 1. The zero-order valence-electron chi connectivity index (χ0n) is 13.5. The molecule has 0 N–H and O–H groups in total. The summed E-state index contributed by atoms with van der Waals surface area (Å²) in [4.78, 5) is 23.6. The SMILES string of the molecule is O=[N+]([O-])c1ccc2cnn(CN3CCN(c4ncccn4)CC3)c2c1. The fraction of sp³-hybridized carbons (Fsp3) is 0.312. The third-order valence-electron chi connectivity index (χ3n) is 4.38. The molecule has 0 bridgehead atoms. The largest absolute Gasteiger partial charge is 0.338 e. The van der Waals surface area contributed by atoms with Gasteiger partial charge in [-0.1, -0.05) is 0 Å². The van der Waals surface area contributed by atoms with Gasteiger partial charge in [-0.05, 0) is 12.1 Å². The second kappa shape index (κ2) is 6.44. The van der Waals surface area contributed by atoms with Crippen molar-refractivity contribution in [2.75, 3.05) is 31.1 Å². The van der Waals surface area contributed by atoms with Gasteiger partial charge in [-0.15, -0.1) is 0 Å². The summed E-state index contributed by atoms with van der Waals surface area (Å²) < 4.78 is 1.82. The normalized spacial score (nSPS) is 15.6. The van der Waals surface area contributed by atoms with Crippen LogP contribution in [0.1, 0.15) is 0 Å². The number of nitro groups is 1. The van der Waals surface area contributed by atoms with E-state index in [1.54, 1.807) is 30.7 Å². The van der Waals surface area contributed by atoms with E-state index in [0.29, 0.717) is 6.67 Å². The average molecular weight is 339 g/mol. The minimum absolute atomic E-state index is 0.0836. The number of rotatable bonds is 4. The highest BCUT2D eigenvalue weighted by molar-refractivity contribution is 5.80. The fourth-order valence-corrected chi connectivity index (χ4v) is 3.02. The summed E-state index contributed by atoms with van der Waals surface area (Å²) in [5.74, 6) is 0.752. The minimum Gasteiger partial charge on any atom is -0.338 e. The lowest BCUT2D eigenvalue weighted by atomic mass is 10.2. The number of aromatic nitrogens is 4. The maximum Gasteiger partial charge on any atom is 0.271 e. The first-order valence-electron chi connectivity index (χ1n) is 8.05. The molecule has 0 atom stereocenters. The van der Waals surface area contributed by atoms with Crippen molar-refractivity contribution in [3.63, 3.8) is 0 Å². The van der Waals surface area contributed by atoms with E-state index in [1.165, 1.54) is 6.07 Å². The lowest BCUT2D eigenvalue weighted by Crippen LogP contribution is -2.47. The Morgan fingerprint density at radius 2 is 1.88 bits per heavy atom. The van der Waals surface area contributed by atoms with Crippen LogP contribution in [-0.4, -0.2) is 55.8 Å². The summed E-state index contributed by atoms with van der Waals surface area (Å²) in [5.41, 5.74) is 0.864. The van der Waals surface area contributed by atoms with Gasteiger partial charge in [0.05, 0.1) is 23.3 Å². The Hall–Kier alpha value is -3.07. The van der Waals surface area contributed by atoms with Crippen LogP contribution in [0.4, 0.5) is 11.6 Å². The molecule has 0 amide bonds. The molecule has 0 radical (unpaired) electrons. The highest BCUT2D eigenvalue weighted by Crippen LogP contribution is 2.21. The van der Waals surface area contributed by atoms with E-state index in [0.717, 1.165) is 43.0 Å². The van der Waals surface area contributed by atoms with Gasteiger partial charge < -0.3 is 4.90 Å². The lowest BCUT2D eigenvalue weighted by Gasteiger charge is -2.34. The average Bonchev–Trinajstić information content (AvgIpc) is 3.05. The van der Waals surface area contributed by atoms with Crippen LogP contribution in [0.3, 0.4) is 0 Å². The highest BCUT2D eigenvalue weighted by atomic mass is 16.6. The summed E-state index contributed by atoms with van der Waals surface area (Å²) in [7, 11) is 0. The summed E-state index contributed by atoms with van der Waals surface area (Å²) in [6, 6.07) is 6.63. The lowest BCUT2D eigenvalue weighted by molar-refractivity contribution is -0.384. The van der Waals surface area contributed by atoms with Crippen molar-refractivity contribution < 1.29 is 4.92 Å². The van der Waals surface area contributed by atoms with Gasteiger partial charge in [0.25, 0.3) is 5.69 Å². The van der Waals surface area contributed by atoms with Gasteiger partial charge >= 0.3 is 0 Å². The van der Waals surface area contributed by atoms with Gasteiger partial charge in [-0.2, -0.15) is 5.10 Å². The fourth-order valence-electron chi connectivity index (χ4n) is 3.02. The Morgan fingerprint density at radius 3 is 2.60 bits per heavy atom. The molecule has 1 aliphatic rings. The molecule has 1 saturated heterocycles. The molecule has 0 unspecified atom stereocenters. The number of nitro benzene ring substituents is 1. The molecular weight excluding hydrogens is 322 g/mol. The molecular formula is C16H17N7O2. The van der Waals surface area contributed by atoms with Gasteiger partial charge in [-0.25, -0.2) is 9.97 Å². The Kier molecular flexibility index (Phi) is 3.98. The Morgan fingerprint density at radius 1 is 1.12 bits per heavy atom. The van der Waals surface area contributed by atoms with E-state index in [1.807, 2.05) is 10.7 Å². The molecule has 0 aliphatic carbocycles. The zero-order valence-corrected chi connectivity index (χ0v) is 13.5. The van der Waals surface area contributed by atoms with Crippen LogP contribution in [0, 0.1) is 10.1 Å². The van der Waals surface area contributed by atoms with Gasteiger partial charge in [0, 0.05) is 56.1 Å². The maximum absolute atomic E-state index is 11.0. The molecule has 128 valence electrons. The molecule has 25 heavy (non-hydrogen) atoms. The van der Waals surface area contributed by atoms with Crippen LogP contribution >= 0.6 is 0 Å². The predicted molar refractivity (Wildman–Crippen MR) is 92.2 cm³/mol. The molecule has 2 aromatic heterocycles. The summed E-state index contributed by atoms with van der Waals surface area (Å²) in [5, 5.41) is 16.3. The molecule has 4 rings (SSSR count). The van der Waals surface area contributed by atoms with E-state index in [4.69, 9.17) is 0 Å². The first kappa shape index (κ1) is 15.5. The van der Waals surface area contributed by atoms with E-state index in [2.05, 4.69) is 24.9 Å². The molecule has 1 aromatic carbocycles. The minimum atomic E-state index is -0.380. The first-order chi connectivity index (χ1) is 12.2. The van der Waals surface area contributed by atoms with E-state index >= 15 is 0 Å². The number of non-ortho nitro benzene ring substituents is 1. The van der Waals surface area contributed by atoms with Crippen LogP contribution in [-0.2, 0) is 6.67 Å². The third-order valence-corrected chi connectivity index (χ3v) is 4.38. The quantitative estimate of drug-likeness (QED) is 0.525. The van der Waals surface area contributed by atoms with Gasteiger partial charge in [-0.3, -0.25) is 19.7 Å². The smallest absolute Gasteiger partial charge is 0.271 e. The summed E-state index contributed by atoms with van der Waals surface area (Å²) in [6.07, 6.45) is 5.24. The molecule has 1 aliphatic heterocycles. The van der Waals surface area contributed by atoms with Gasteiger partial charge in [0.1, 0.15) is 0 Å². The Labute approximate surface area is 143 Å². The Balaban J connectivity index is 1.46. The van der Waals surface area contributed by atoms with Gasteiger partial charge in [0.15, 0.2) is 0 Å². The second-order valence-corrected chi connectivity index (χ2v) is 5.94. The second-order valence-electron chi connectivity index (χ2n) is 5.94. The van der Waals surface area contributed by atoms with Crippen molar-refractivity contribution in [1.82, 2.24) is 24.6 Å². The predicted octanol–water partition coefficient (Wildman–Crippen LogP) is 1.51. The van der Waals surface area contributed by atoms with Crippen molar-refractivity contribution in [3.8, 4) is 0 Å². The first-order valence-corrected chi connectivity index (χ1v) is 8.05. The van der Waals surface area contributed by atoms with Crippen molar-refractivity contribution >= 4 is 22.5 Å². The number of hydrogen-bond donors (Lipinski definition) is 0. The van der Waals surface area contributed by atoms with Crippen molar-refractivity contribution in [1.29, 1.82) is 0 Å². The molecule has 1 fully saturated rings. The molecule has 0 saturated carbocycles. The molecule has 3 aromatic rings. The summed E-state index contributed by atoms with van der Waals surface area (Å²) in [6.45, 7) is 3.99. The van der Waals surface area contributed by atoms with E-state index in [-0.39, 0.29) is 10.6 Å². The third kappa shape index (κ3) is 3.13. The number of nitrogens with zero attached hydrogens (tertiary/aromatic N) is 7.